The van der Waals surface area contributed by atoms with Gasteiger partial charge in [-0.3, -0.25) is 4.79 Å². The summed E-state index contributed by atoms with van der Waals surface area (Å²) in [6.07, 6.45) is 2.02. The third-order valence-electron chi connectivity index (χ3n) is 4.84. The van der Waals surface area contributed by atoms with E-state index in [1.165, 1.54) is 15.3 Å². The number of benzene rings is 2. The third kappa shape index (κ3) is 6.00. The summed E-state index contributed by atoms with van der Waals surface area (Å²) in [6.45, 7) is 7.98. The fourth-order valence-electron chi connectivity index (χ4n) is 3.06. The number of nitrogens with one attached hydrogen (secondary N) is 1. The van der Waals surface area contributed by atoms with Crippen LogP contribution in [-0.4, -0.2) is 44.6 Å². The molecular weight excluding hydrogens is 420 g/mol. The zero-order valence-electron chi connectivity index (χ0n) is 18.1. The summed E-state index contributed by atoms with van der Waals surface area (Å²) in [6, 6.07) is 12.6. The molecule has 8 heteroatoms. The molecule has 2 aromatic rings. The lowest BCUT2D eigenvalue weighted by atomic mass is 10.1. The van der Waals surface area contributed by atoms with E-state index < -0.39 is 10.0 Å². The van der Waals surface area contributed by atoms with E-state index in [2.05, 4.69) is 5.32 Å². The van der Waals surface area contributed by atoms with Crippen molar-refractivity contribution in [1.29, 1.82) is 0 Å². The molecule has 1 atom stereocenters. The standard InChI is InChI=1S/C22H30N2O4S2/c1-6-24(7-2)30(26,27)20-12-13-21(16(3)14-20)28-15-22(25)23-17(4)18-8-10-19(29-5)11-9-18/h8-14,17H,6-7,15H2,1-5H3,(H,23,25). The van der Waals surface area contributed by atoms with Gasteiger partial charge >= 0.3 is 0 Å². The Balaban J connectivity index is 1.99. The maximum absolute atomic E-state index is 12.6. The number of ether oxygens (including phenoxy) is 1. The Hall–Kier alpha value is -2.03. The van der Waals surface area contributed by atoms with Crippen LogP contribution in [0.3, 0.4) is 0 Å². The van der Waals surface area contributed by atoms with Crippen molar-refractivity contribution in [3.63, 3.8) is 0 Å². The largest absolute Gasteiger partial charge is 0.484 e. The molecule has 0 heterocycles. The van der Waals surface area contributed by atoms with E-state index in [0.29, 0.717) is 24.4 Å². The monoisotopic (exact) mass is 450 g/mol. The first kappa shape index (κ1) is 24.2. The lowest BCUT2D eigenvalue weighted by Crippen LogP contribution is -2.31. The summed E-state index contributed by atoms with van der Waals surface area (Å²) in [5, 5.41) is 2.92. The van der Waals surface area contributed by atoms with Gasteiger partial charge in [0.1, 0.15) is 5.75 Å². The fourth-order valence-corrected chi connectivity index (χ4v) is 5.01. The van der Waals surface area contributed by atoms with Crippen LogP contribution in [0.5, 0.6) is 5.75 Å². The first-order valence-electron chi connectivity index (χ1n) is 9.89. The molecule has 30 heavy (non-hydrogen) atoms. The highest BCUT2D eigenvalue weighted by Gasteiger charge is 2.22. The molecule has 1 amide bonds. The number of amides is 1. The number of sulfonamides is 1. The van der Waals surface area contributed by atoms with Crippen LogP contribution in [0.25, 0.3) is 0 Å². The molecule has 0 bridgehead atoms. The van der Waals surface area contributed by atoms with Crippen LogP contribution in [0.1, 0.15) is 37.9 Å². The molecule has 0 radical (unpaired) electrons. The van der Waals surface area contributed by atoms with Gasteiger partial charge in [-0.15, -0.1) is 11.8 Å². The van der Waals surface area contributed by atoms with Gasteiger partial charge in [0.05, 0.1) is 10.9 Å². The molecule has 0 spiro atoms. The highest BCUT2D eigenvalue weighted by atomic mass is 32.2. The summed E-state index contributed by atoms with van der Waals surface area (Å²) in [4.78, 5) is 13.7. The summed E-state index contributed by atoms with van der Waals surface area (Å²) >= 11 is 1.67. The second-order valence-electron chi connectivity index (χ2n) is 6.87. The first-order valence-corrected chi connectivity index (χ1v) is 12.6. The van der Waals surface area contributed by atoms with E-state index in [-0.39, 0.29) is 23.5 Å². The van der Waals surface area contributed by atoms with Crippen LogP contribution in [0.15, 0.2) is 52.3 Å². The Kier molecular flexibility index (Phi) is 8.76. The molecule has 0 saturated carbocycles. The van der Waals surface area contributed by atoms with Crippen molar-refractivity contribution in [3.05, 3.63) is 53.6 Å². The lowest BCUT2D eigenvalue weighted by molar-refractivity contribution is -0.123. The SMILES string of the molecule is CCN(CC)S(=O)(=O)c1ccc(OCC(=O)NC(C)c2ccc(SC)cc2)c(C)c1. The topological polar surface area (TPSA) is 75.7 Å². The Morgan fingerprint density at radius 1 is 1.13 bits per heavy atom. The maximum Gasteiger partial charge on any atom is 0.258 e. The average molecular weight is 451 g/mol. The fraction of sp³-hybridized carbons (Fsp3) is 0.409. The molecule has 0 saturated heterocycles. The Morgan fingerprint density at radius 3 is 2.30 bits per heavy atom. The number of carbonyl (C=O) groups is 1. The summed E-state index contributed by atoms with van der Waals surface area (Å²) in [5.74, 6) is 0.247. The van der Waals surface area contributed by atoms with E-state index in [0.717, 1.165) is 5.56 Å². The highest BCUT2D eigenvalue weighted by molar-refractivity contribution is 7.98. The Labute approximate surface area is 184 Å². The summed E-state index contributed by atoms with van der Waals surface area (Å²) in [7, 11) is -3.53. The predicted octanol–water partition coefficient (Wildman–Crippen LogP) is 4.00. The normalized spacial score (nSPS) is 12.6. The first-order chi connectivity index (χ1) is 14.2. The minimum Gasteiger partial charge on any atom is -0.484 e. The van der Waals surface area contributed by atoms with Crippen molar-refractivity contribution in [2.45, 2.75) is 43.5 Å². The quantitative estimate of drug-likeness (QED) is 0.554. The van der Waals surface area contributed by atoms with Crippen LogP contribution in [0.2, 0.25) is 0 Å². The Morgan fingerprint density at radius 2 is 1.77 bits per heavy atom. The Bertz CT molecular complexity index is 956. The predicted molar refractivity (Wildman–Crippen MR) is 122 cm³/mol. The van der Waals surface area contributed by atoms with Crippen LogP contribution >= 0.6 is 11.8 Å². The number of carbonyl (C=O) groups excluding carboxylic acids is 1. The van der Waals surface area contributed by atoms with Gasteiger partial charge in [0, 0.05) is 18.0 Å². The molecule has 2 aromatic carbocycles. The van der Waals surface area contributed by atoms with E-state index in [4.69, 9.17) is 4.74 Å². The van der Waals surface area contributed by atoms with Gasteiger partial charge in [-0.25, -0.2) is 8.42 Å². The zero-order chi connectivity index (χ0) is 22.3. The van der Waals surface area contributed by atoms with Gasteiger partial charge in [-0.05, 0) is 61.6 Å². The molecule has 0 aliphatic rings. The van der Waals surface area contributed by atoms with Gasteiger partial charge in [-0.1, -0.05) is 26.0 Å². The van der Waals surface area contributed by atoms with Crippen molar-refractivity contribution in [2.24, 2.45) is 0 Å². The van der Waals surface area contributed by atoms with Crippen LogP contribution in [0.4, 0.5) is 0 Å². The van der Waals surface area contributed by atoms with Crippen molar-refractivity contribution in [3.8, 4) is 5.75 Å². The summed E-state index contributed by atoms with van der Waals surface area (Å²) in [5.41, 5.74) is 1.68. The molecule has 2 rings (SSSR count). The lowest BCUT2D eigenvalue weighted by Gasteiger charge is -2.19. The molecule has 0 aliphatic heterocycles. The minimum atomic E-state index is -3.53. The zero-order valence-corrected chi connectivity index (χ0v) is 19.8. The van der Waals surface area contributed by atoms with Crippen LogP contribution < -0.4 is 10.1 Å². The highest BCUT2D eigenvalue weighted by Crippen LogP contribution is 2.24. The molecule has 164 valence electrons. The number of hydrogen-bond acceptors (Lipinski definition) is 5. The van der Waals surface area contributed by atoms with Gasteiger partial charge in [-0.2, -0.15) is 4.31 Å². The average Bonchev–Trinajstić information content (AvgIpc) is 2.73. The smallest absolute Gasteiger partial charge is 0.258 e. The van der Waals surface area contributed by atoms with Gasteiger partial charge < -0.3 is 10.1 Å². The molecule has 1 unspecified atom stereocenters. The molecule has 0 fully saturated rings. The molecule has 1 N–H and O–H groups in total. The van der Waals surface area contributed by atoms with Gasteiger partial charge in [0.2, 0.25) is 10.0 Å². The molecule has 0 aromatic heterocycles. The van der Waals surface area contributed by atoms with E-state index in [9.17, 15) is 13.2 Å². The number of hydrogen-bond donors (Lipinski definition) is 1. The van der Waals surface area contributed by atoms with E-state index in [1.807, 2.05) is 51.3 Å². The number of nitrogens with zero attached hydrogens (tertiary/aromatic N) is 1. The third-order valence-corrected chi connectivity index (χ3v) is 7.63. The maximum atomic E-state index is 12.6. The van der Waals surface area contributed by atoms with Crippen molar-refractivity contribution in [2.75, 3.05) is 26.0 Å². The van der Waals surface area contributed by atoms with Gasteiger partial charge in [0.25, 0.3) is 5.91 Å². The second kappa shape index (κ2) is 10.8. The van der Waals surface area contributed by atoms with Crippen molar-refractivity contribution < 1.29 is 17.9 Å². The number of aryl methyl sites for hydroxylation is 1. The van der Waals surface area contributed by atoms with Gasteiger partial charge in [0.15, 0.2) is 6.61 Å². The van der Waals surface area contributed by atoms with Crippen molar-refractivity contribution >= 4 is 27.7 Å². The second-order valence-corrected chi connectivity index (χ2v) is 9.69. The van der Waals surface area contributed by atoms with E-state index >= 15 is 0 Å². The molecular formula is C22H30N2O4S2. The molecule has 6 nitrogen and oxygen atoms in total. The summed E-state index contributed by atoms with van der Waals surface area (Å²) < 4.78 is 32.3. The van der Waals surface area contributed by atoms with Crippen LogP contribution in [-0.2, 0) is 14.8 Å². The molecule has 0 aliphatic carbocycles. The van der Waals surface area contributed by atoms with Crippen LogP contribution in [0, 0.1) is 6.92 Å². The number of thioether (sulfide) groups is 1. The van der Waals surface area contributed by atoms with Crippen molar-refractivity contribution in [1.82, 2.24) is 9.62 Å². The van der Waals surface area contributed by atoms with E-state index in [1.54, 1.807) is 30.8 Å². The number of rotatable bonds is 10. The minimum absolute atomic E-state index is 0.139.